The third-order valence-electron chi connectivity index (χ3n) is 3.42. The number of aromatic amines is 1. The first kappa shape index (κ1) is 12.4. The number of nitrogens with one attached hydrogen (secondary N) is 2. The van der Waals surface area contributed by atoms with E-state index >= 15 is 0 Å². The fraction of sp³-hybridized carbons (Fsp3) is 0.417. The molecular weight excluding hydrogens is 310 g/mol. The van der Waals surface area contributed by atoms with Crippen LogP contribution in [0.25, 0.3) is 11.0 Å². The number of nitrogens with zero attached hydrogens (tertiary/aromatic N) is 3. The number of rotatable bonds is 2. The molecule has 100 valence electrons. The largest absolute Gasteiger partial charge is 0.334 e. The van der Waals surface area contributed by atoms with Crippen LogP contribution in [0.3, 0.4) is 0 Å². The summed E-state index contributed by atoms with van der Waals surface area (Å²) in [5.41, 5.74) is 3.65. The molecule has 0 aliphatic carbocycles. The Labute approximate surface area is 118 Å². The van der Waals surface area contributed by atoms with E-state index in [2.05, 4.69) is 36.3 Å². The second-order valence-corrected chi connectivity index (χ2v) is 6.11. The predicted octanol–water partition coefficient (Wildman–Crippen LogP) is 2.45. The van der Waals surface area contributed by atoms with Gasteiger partial charge >= 0.3 is 0 Å². The lowest BCUT2D eigenvalue weighted by Gasteiger charge is -2.32. The molecule has 2 N–H and O–H groups in total. The molecule has 0 spiro atoms. The van der Waals surface area contributed by atoms with Gasteiger partial charge in [-0.2, -0.15) is 0 Å². The molecule has 1 aliphatic rings. The fourth-order valence-corrected chi connectivity index (χ4v) is 2.71. The summed E-state index contributed by atoms with van der Waals surface area (Å²) in [6.45, 7) is 4.08. The van der Waals surface area contributed by atoms with Gasteiger partial charge in [0.15, 0.2) is 5.82 Å². The Morgan fingerprint density at radius 2 is 2.26 bits per heavy atom. The molecule has 1 fully saturated rings. The quantitative estimate of drug-likeness (QED) is 0.890. The van der Waals surface area contributed by atoms with Crippen molar-refractivity contribution in [3.63, 3.8) is 0 Å². The summed E-state index contributed by atoms with van der Waals surface area (Å²) in [4.78, 5) is 23.4. The van der Waals surface area contributed by atoms with E-state index in [1.807, 2.05) is 19.9 Å². The number of halogens is 1. The van der Waals surface area contributed by atoms with Gasteiger partial charge in [-0.05, 0) is 42.3 Å². The highest BCUT2D eigenvalue weighted by atomic mass is 79.9. The Hall–Kier alpha value is -1.63. The number of H-pyrrole nitrogens is 1. The monoisotopic (exact) mass is 323 g/mol. The van der Waals surface area contributed by atoms with E-state index in [9.17, 15) is 4.79 Å². The molecule has 0 aromatic carbocycles. The lowest BCUT2D eigenvalue weighted by Crippen LogP contribution is -2.45. The summed E-state index contributed by atoms with van der Waals surface area (Å²) < 4.78 is 0.832. The molecule has 19 heavy (non-hydrogen) atoms. The van der Waals surface area contributed by atoms with E-state index in [4.69, 9.17) is 0 Å². The van der Waals surface area contributed by atoms with Crippen LogP contribution in [0, 0.1) is 0 Å². The van der Waals surface area contributed by atoms with Crippen molar-refractivity contribution in [3.8, 4) is 0 Å². The number of hydrogen-bond donors (Lipinski definition) is 2. The topological polar surface area (TPSA) is 73.9 Å². The van der Waals surface area contributed by atoms with E-state index < -0.39 is 0 Å². The van der Waals surface area contributed by atoms with Crippen LogP contribution in [0.1, 0.15) is 26.7 Å². The van der Waals surface area contributed by atoms with Crippen LogP contribution in [-0.2, 0) is 4.79 Å². The lowest BCUT2D eigenvalue weighted by atomic mass is 10.0. The van der Waals surface area contributed by atoms with E-state index in [-0.39, 0.29) is 11.4 Å². The highest BCUT2D eigenvalue weighted by Crippen LogP contribution is 2.31. The van der Waals surface area contributed by atoms with Gasteiger partial charge in [0.25, 0.3) is 0 Å². The Balaban J connectivity index is 1.99. The molecular formula is C12H14BrN5O. The van der Waals surface area contributed by atoms with Crippen LogP contribution in [0.5, 0.6) is 0 Å². The van der Waals surface area contributed by atoms with Crippen LogP contribution in [0.2, 0.25) is 0 Å². The Kier molecular flexibility index (Phi) is 2.74. The van der Waals surface area contributed by atoms with Gasteiger partial charge in [0.1, 0.15) is 12.0 Å². The molecule has 7 heteroatoms. The minimum Gasteiger partial charge on any atom is -0.334 e. The zero-order valence-corrected chi connectivity index (χ0v) is 12.3. The van der Waals surface area contributed by atoms with Crippen molar-refractivity contribution in [2.24, 2.45) is 0 Å². The first-order valence-corrected chi connectivity index (χ1v) is 6.85. The summed E-state index contributed by atoms with van der Waals surface area (Å²) >= 11 is 3.37. The van der Waals surface area contributed by atoms with Crippen LogP contribution in [0.4, 0.5) is 5.82 Å². The van der Waals surface area contributed by atoms with E-state index in [1.165, 1.54) is 6.33 Å². The second-order valence-electron chi connectivity index (χ2n) is 5.26. The van der Waals surface area contributed by atoms with Gasteiger partial charge < -0.3 is 4.98 Å². The normalized spacial score (nSPS) is 18.3. The molecule has 6 nitrogen and oxygen atoms in total. The molecule has 2 aromatic heterocycles. The van der Waals surface area contributed by atoms with Crippen molar-refractivity contribution < 1.29 is 4.79 Å². The SMILES string of the molecule is CC1(C)CCC(=O)N1Nc1ncnc2[nH]c(Br)cc12. The number of anilines is 1. The van der Waals surface area contributed by atoms with E-state index in [0.29, 0.717) is 12.2 Å². The van der Waals surface area contributed by atoms with Crippen molar-refractivity contribution in [1.82, 2.24) is 20.0 Å². The Bertz CT molecular complexity index is 651. The van der Waals surface area contributed by atoms with Gasteiger partial charge in [0, 0.05) is 6.42 Å². The number of carbonyl (C=O) groups excluding carboxylic acids is 1. The maximum Gasteiger partial charge on any atom is 0.241 e. The first-order chi connectivity index (χ1) is 8.97. The second kappa shape index (κ2) is 4.19. The number of hydrogen-bond acceptors (Lipinski definition) is 4. The highest BCUT2D eigenvalue weighted by Gasteiger charge is 2.38. The zero-order chi connectivity index (χ0) is 13.6. The van der Waals surface area contributed by atoms with Crippen LogP contribution < -0.4 is 5.43 Å². The van der Waals surface area contributed by atoms with Gasteiger partial charge in [0.05, 0.1) is 15.5 Å². The molecule has 1 saturated heterocycles. The molecule has 3 rings (SSSR count). The first-order valence-electron chi connectivity index (χ1n) is 6.06. The van der Waals surface area contributed by atoms with Crippen molar-refractivity contribution in [2.45, 2.75) is 32.2 Å². The molecule has 3 heterocycles. The molecule has 0 unspecified atom stereocenters. The minimum atomic E-state index is -0.206. The van der Waals surface area contributed by atoms with Gasteiger partial charge in [0.2, 0.25) is 5.91 Å². The summed E-state index contributed by atoms with van der Waals surface area (Å²) in [6, 6.07) is 1.89. The van der Waals surface area contributed by atoms with Crippen LogP contribution >= 0.6 is 15.9 Å². The maximum absolute atomic E-state index is 11.9. The van der Waals surface area contributed by atoms with Crippen LogP contribution in [0.15, 0.2) is 17.0 Å². The molecule has 0 saturated carbocycles. The Morgan fingerprint density at radius 3 is 2.95 bits per heavy atom. The summed E-state index contributed by atoms with van der Waals surface area (Å²) in [7, 11) is 0. The van der Waals surface area contributed by atoms with Gasteiger partial charge in [-0.25, -0.2) is 15.0 Å². The number of fused-ring (bicyclic) bond motifs is 1. The number of hydrazine groups is 1. The predicted molar refractivity (Wildman–Crippen MR) is 75.4 cm³/mol. The zero-order valence-electron chi connectivity index (χ0n) is 10.7. The average molecular weight is 324 g/mol. The molecule has 1 amide bonds. The van der Waals surface area contributed by atoms with Crippen molar-refractivity contribution in [2.75, 3.05) is 5.43 Å². The van der Waals surface area contributed by atoms with Crippen molar-refractivity contribution in [1.29, 1.82) is 0 Å². The molecule has 1 aliphatic heterocycles. The van der Waals surface area contributed by atoms with Crippen molar-refractivity contribution >= 4 is 38.7 Å². The average Bonchev–Trinajstić information content (AvgIpc) is 2.84. The van der Waals surface area contributed by atoms with Gasteiger partial charge in [-0.3, -0.25) is 10.2 Å². The smallest absolute Gasteiger partial charge is 0.241 e. The summed E-state index contributed by atoms with van der Waals surface area (Å²) in [6.07, 6.45) is 2.87. The summed E-state index contributed by atoms with van der Waals surface area (Å²) in [5.74, 6) is 0.724. The fourth-order valence-electron chi connectivity index (χ4n) is 2.29. The molecule has 2 aromatic rings. The molecule has 0 radical (unpaired) electrons. The summed E-state index contributed by atoms with van der Waals surface area (Å²) in [5, 5.41) is 2.51. The molecule has 0 bridgehead atoms. The lowest BCUT2D eigenvalue weighted by molar-refractivity contribution is -0.129. The third-order valence-corrected chi connectivity index (χ3v) is 3.84. The standard InChI is InChI=1S/C12H14BrN5O/c1-12(2)4-3-9(19)18(12)17-11-7-5-8(13)16-10(7)14-6-15-11/h5-6H,3-4H2,1-2H3,(H2,14,15,16,17). The van der Waals surface area contributed by atoms with E-state index in [1.54, 1.807) is 5.01 Å². The third kappa shape index (κ3) is 2.07. The number of aromatic nitrogens is 3. The molecule has 0 atom stereocenters. The van der Waals surface area contributed by atoms with Crippen LogP contribution in [-0.4, -0.2) is 31.4 Å². The van der Waals surface area contributed by atoms with Gasteiger partial charge in [-0.15, -0.1) is 0 Å². The van der Waals surface area contributed by atoms with Gasteiger partial charge in [-0.1, -0.05) is 0 Å². The number of amides is 1. The van der Waals surface area contributed by atoms with E-state index in [0.717, 1.165) is 22.1 Å². The Morgan fingerprint density at radius 1 is 1.47 bits per heavy atom. The van der Waals surface area contributed by atoms with Crippen molar-refractivity contribution in [3.05, 3.63) is 17.0 Å². The maximum atomic E-state index is 11.9. The highest BCUT2D eigenvalue weighted by molar-refractivity contribution is 9.10. The number of carbonyl (C=O) groups is 1. The minimum absolute atomic E-state index is 0.0892.